The maximum absolute atomic E-state index is 12.0. The summed E-state index contributed by atoms with van der Waals surface area (Å²) < 4.78 is 5.56. The van der Waals surface area contributed by atoms with Crippen molar-refractivity contribution in [2.24, 2.45) is 0 Å². The van der Waals surface area contributed by atoms with Crippen LogP contribution in [0.15, 0.2) is 48.5 Å². The third-order valence-corrected chi connectivity index (χ3v) is 3.70. The fraction of sp³-hybridized carbons (Fsp3) is 0.235. The number of amides is 1. The Hall–Kier alpha value is -1.71. The van der Waals surface area contributed by atoms with Crippen LogP contribution >= 0.6 is 23.2 Å². The Balaban J connectivity index is 1.79. The monoisotopic (exact) mass is 337 g/mol. The van der Waals surface area contributed by atoms with E-state index in [9.17, 15) is 4.79 Å². The normalized spacial score (nSPS) is 11.8. The zero-order chi connectivity index (χ0) is 15.9. The van der Waals surface area contributed by atoms with Gasteiger partial charge in [0.2, 0.25) is 0 Å². The second-order valence-electron chi connectivity index (χ2n) is 4.86. The first kappa shape index (κ1) is 16.7. The number of halogens is 2. The molecule has 5 heteroatoms. The minimum atomic E-state index is -0.606. The van der Waals surface area contributed by atoms with Crippen LogP contribution in [0, 0.1) is 0 Å². The van der Waals surface area contributed by atoms with Crippen molar-refractivity contribution in [3.05, 3.63) is 64.1 Å². The van der Waals surface area contributed by atoms with Crippen molar-refractivity contribution in [1.82, 2.24) is 5.32 Å². The number of carbonyl (C=O) groups is 1. The first-order valence-corrected chi connectivity index (χ1v) is 7.75. The third kappa shape index (κ3) is 4.93. The summed E-state index contributed by atoms with van der Waals surface area (Å²) in [4.78, 5) is 12.0. The topological polar surface area (TPSA) is 38.3 Å². The van der Waals surface area contributed by atoms with Gasteiger partial charge in [0.15, 0.2) is 6.10 Å². The molecule has 0 aliphatic heterocycles. The Morgan fingerprint density at radius 3 is 2.50 bits per heavy atom. The molecule has 2 rings (SSSR count). The predicted molar refractivity (Wildman–Crippen MR) is 89.7 cm³/mol. The van der Waals surface area contributed by atoms with E-state index in [1.165, 1.54) is 0 Å². The van der Waals surface area contributed by atoms with Gasteiger partial charge in [-0.05, 0) is 43.2 Å². The summed E-state index contributed by atoms with van der Waals surface area (Å²) in [5.41, 5.74) is 1.12. The van der Waals surface area contributed by atoms with Crippen molar-refractivity contribution in [3.63, 3.8) is 0 Å². The van der Waals surface area contributed by atoms with Crippen molar-refractivity contribution >= 4 is 29.1 Å². The molecule has 2 aromatic carbocycles. The van der Waals surface area contributed by atoms with E-state index in [2.05, 4.69) is 5.32 Å². The zero-order valence-electron chi connectivity index (χ0n) is 12.2. The Morgan fingerprint density at radius 1 is 1.14 bits per heavy atom. The first-order valence-electron chi connectivity index (χ1n) is 6.99. The molecule has 1 N–H and O–H groups in total. The second kappa shape index (κ2) is 8.06. The Bertz CT molecular complexity index is 629. The lowest BCUT2D eigenvalue weighted by Crippen LogP contribution is -2.37. The van der Waals surface area contributed by atoms with E-state index in [-0.39, 0.29) is 5.91 Å². The van der Waals surface area contributed by atoms with Gasteiger partial charge in [-0.1, -0.05) is 47.5 Å². The second-order valence-corrected chi connectivity index (χ2v) is 5.70. The van der Waals surface area contributed by atoms with Crippen LogP contribution in [0.3, 0.4) is 0 Å². The maximum atomic E-state index is 12.0. The van der Waals surface area contributed by atoms with Gasteiger partial charge in [-0.15, -0.1) is 0 Å². The molecule has 1 atom stereocenters. The number of carbonyl (C=O) groups excluding carboxylic acids is 1. The van der Waals surface area contributed by atoms with Crippen molar-refractivity contribution < 1.29 is 9.53 Å². The molecule has 0 aliphatic rings. The van der Waals surface area contributed by atoms with Crippen LogP contribution in [-0.4, -0.2) is 18.6 Å². The molecule has 22 heavy (non-hydrogen) atoms. The number of ether oxygens (including phenoxy) is 1. The van der Waals surface area contributed by atoms with E-state index in [1.807, 2.05) is 36.4 Å². The molecule has 0 unspecified atom stereocenters. The van der Waals surface area contributed by atoms with Gasteiger partial charge >= 0.3 is 0 Å². The maximum Gasteiger partial charge on any atom is 0.260 e. The number of nitrogens with one attached hydrogen (secondary N) is 1. The molecule has 0 aliphatic carbocycles. The number of benzene rings is 2. The van der Waals surface area contributed by atoms with Crippen LogP contribution in [0.4, 0.5) is 0 Å². The zero-order valence-corrected chi connectivity index (χ0v) is 13.7. The van der Waals surface area contributed by atoms with Crippen LogP contribution < -0.4 is 10.1 Å². The molecule has 3 nitrogen and oxygen atoms in total. The Labute approximate surface area is 140 Å². The molecule has 0 fully saturated rings. The minimum Gasteiger partial charge on any atom is -0.479 e. The molecule has 116 valence electrons. The highest BCUT2D eigenvalue weighted by atomic mass is 35.5. The minimum absolute atomic E-state index is 0.172. The molecule has 0 saturated heterocycles. The molecule has 0 radical (unpaired) electrons. The number of rotatable bonds is 6. The lowest BCUT2D eigenvalue weighted by molar-refractivity contribution is -0.127. The average Bonchev–Trinajstić information content (AvgIpc) is 2.51. The molecule has 0 aromatic heterocycles. The molecule has 0 spiro atoms. The van der Waals surface area contributed by atoms with Crippen LogP contribution in [0.5, 0.6) is 5.75 Å². The van der Waals surface area contributed by atoms with Gasteiger partial charge in [0.25, 0.3) is 5.91 Å². The van der Waals surface area contributed by atoms with Gasteiger partial charge in [-0.3, -0.25) is 4.79 Å². The summed E-state index contributed by atoms with van der Waals surface area (Å²) in [5, 5.41) is 4.04. The highest BCUT2D eigenvalue weighted by Gasteiger charge is 2.15. The van der Waals surface area contributed by atoms with Crippen molar-refractivity contribution in [1.29, 1.82) is 0 Å². The van der Waals surface area contributed by atoms with Crippen LogP contribution in [0.1, 0.15) is 12.5 Å². The van der Waals surface area contributed by atoms with Gasteiger partial charge in [0.1, 0.15) is 5.75 Å². The SMILES string of the molecule is C[C@@H](Oc1ccccc1Cl)C(=O)NCCc1ccc(Cl)cc1. The summed E-state index contributed by atoms with van der Waals surface area (Å²) >= 11 is 11.8. The molecule has 2 aromatic rings. The van der Waals surface area contributed by atoms with E-state index in [0.717, 1.165) is 12.0 Å². The van der Waals surface area contributed by atoms with Crippen molar-refractivity contribution in [2.45, 2.75) is 19.4 Å². The molecular weight excluding hydrogens is 321 g/mol. The van der Waals surface area contributed by atoms with Crippen LogP contribution in [0.2, 0.25) is 10.0 Å². The van der Waals surface area contributed by atoms with Crippen molar-refractivity contribution in [2.75, 3.05) is 6.54 Å². The van der Waals surface area contributed by atoms with Crippen molar-refractivity contribution in [3.8, 4) is 5.75 Å². The lowest BCUT2D eigenvalue weighted by Gasteiger charge is -2.15. The van der Waals surface area contributed by atoms with E-state index < -0.39 is 6.10 Å². The Morgan fingerprint density at radius 2 is 1.82 bits per heavy atom. The van der Waals surface area contributed by atoms with E-state index >= 15 is 0 Å². The molecular formula is C17H17Cl2NO2. The predicted octanol–water partition coefficient (Wildman–Crippen LogP) is 4.12. The van der Waals surface area contributed by atoms with Gasteiger partial charge < -0.3 is 10.1 Å². The largest absolute Gasteiger partial charge is 0.479 e. The number of para-hydroxylation sites is 1. The number of hydrogen-bond acceptors (Lipinski definition) is 2. The smallest absolute Gasteiger partial charge is 0.260 e. The van der Waals surface area contributed by atoms with E-state index in [1.54, 1.807) is 19.1 Å². The Kier molecular flexibility index (Phi) is 6.10. The summed E-state index contributed by atoms with van der Waals surface area (Å²) in [7, 11) is 0. The molecule has 1 amide bonds. The molecule has 0 bridgehead atoms. The lowest BCUT2D eigenvalue weighted by atomic mass is 10.1. The third-order valence-electron chi connectivity index (χ3n) is 3.14. The highest BCUT2D eigenvalue weighted by molar-refractivity contribution is 6.32. The van der Waals surface area contributed by atoms with E-state index in [4.69, 9.17) is 27.9 Å². The van der Waals surface area contributed by atoms with Crippen LogP contribution in [-0.2, 0) is 11.2 Å². The van der Waals surface area contributed by atoms with Gasteiger partial charge in [0, 0.05) is 11.6 Å². The summed E-state index contributed by atoms with van der Waals surface area (Å²) in [5.74, 6) is 0.332. The molecule has 0 saturated carbocycles. The van der Waals surface area contributed by atoms with Gasteiger partial charge in [-0.2, -0.15) is 0 Å². The highest BCUT2D eigenvalue weighted by Crippen LogP contribution is 2.24. The number of hydrogen-bond donors (Lipinski definition) is 1. The quantitative estimate of drug-likeness (QED) is 0.860. The average molecular weight is 338 g/mol. The fourth-order valence-corrected chi connectivity index (χ4v) is 2.22. The standard InChI is InChI=1S/C17H17Cl2NO2/c1-12(22-16-5-3-2-4-15(16)19)17(21)20-11-10-13-6-8-14(18)9-7-13/h2-9,12H,10-11H2,1H3,(H,20,21)/t12-/m1/s1. The molecule has 0 heterocycles. The first-order chi connectivity index (χ1) is 10.6. The van der Waals surface area contributed by atoms with Crippen LogP contribution in [0.25, 0.3) is 0 Å². The van der Waals surface area contributed by atoms with Gasteiger partial charge in [0.05, 0.1) is 5.02 Å². The summed E-state index contributed by atoms with van der Waals surface area (Å²) in [6.45, 7) is 2.23. The summed E-state index contributed by atoms with van der Waals surface area (Å²) in [6.07, 6.45) is 0.131. The summed E-state index contributed by atoms with van der Waals surface area (Å²) in [6, 6.07) is 14.6. The van der Waals surface area contributed by atoms with Gasteiger partial charge in [-0.25, -0.2) is 0 Å². The fourth-order valence-electron chi connectivity index (χ4n) is 1.91. The van der Waals surface area contributed by atoms with E-state index in [0.29, 0.717) is 22.3 Å².